The van der Waals surface area contributed by atoms with E-state index in [9.17, 15) is 4.79 Å². The van der Waals surface area contributed by atoms with Gasteiger partial charge in [-0.2, -0.15) is 15.0 Å². The van der Waals surface area contributed by atoms with Crippen molar-refractivity contribution in [1.29, 1.82) is 0 Å². The number of nitrogen functional groups attached to an aromatic ring is 2. The molecular formula is C25H47N5O2S. The molecule has 0 unspecified atom stereocenters. The van der Waals surface area contributed by atoms with Crippen LogP contribution in [0.1, 0.15) is 115 Å². The number of esters is 1. The van der Waals surface area contributed by atoms with Gasteiger partial charge >= 0.3 is 5.97 Å². The van der Waals surface area contributed by atoms with E-state index in [1.165, 1.54) is 102 Å². The van der Waals surface area contributed by atoms with Crippen LogP contribution >= 0.6 is 11.8 Å². The number of unbranched alkanes of at least 4 members (excludes halogenated alkanes) is 15. The molecule has 0 atom stereocenters. The van der Waals surface area contributed by atoms with E-state index in [1.807, 2.05) is 0 Å². The first-order chi connectivity index (χ1) is 16.1. The molecule has 0 aliphatic carbocycles. The molecule has 0 saturated heterocycles. The molecule has 1 heterocycles. The van der Waals surface area contributed by atoms with Crippen LogP contribution in [0.4, 0.5) is 11.9 Å². The Morgan fingerprint density at radius 2 is 1.18 bits per heavy atom. The van der Waals surface area contributed by atoms with Gasteiger partial charge in [0.25, 0.3) is 0 Å². The van der Waals surface area contributed by atoms with Crippen molar-refractivity contribution >= 4 is 29.6 Å². The summed E-state index contributed by atoms with van der Waals surface area (Å²) in [6.07, 6.45) is 22.0. The summed E-state index contributed by atoms with van der Waals surface area (Å²) in [6, 6.07) is 0. The largest absolute Gasteiger partial charge is 0.465 e. The van der Waals surface area contributed by atoms with Crippen molar-refractivity contribution < 1.29 is 9.53 Å². The van der Waals surface area contributed by atoms with E-state index in [0.29, 0.717) is 30.4 Å². The summed E-state index contributed by atoms with van der Waals surface area (Å²) in [5.74, 6) is 1.69. The average molecular weight is 482 g/mol. The number of hydrogen-bond donors (Lipinski definition) is 2. The number of carbonyl (C=O) groups excluding carboxylic acids is 1. The first-order valence-corrected chi connectivity index (χ1v) is 14.3. The molecule has 1 aromatic rings. The van der Waals surface area contributed by atoms with Crippen LogP contribution in [0, 0.1) is 0 Å². The quantitative estimate of drug-likeness (QED) is 0.150. The number of aromatic nitrogens is 3. The second kappa shape index (κ2) is 21.0. The Morgan fingerprint density at radius 3 is 1.67 bits per heavy atom. The molecular weight excluding hydrogens is 434 g/mol. The molecule has 0 radical (unpaired) electrons. The molecule has 7 nitrogen and oxygen atoms in total. The lowest BCUT2D eigenvalue weighted by Crippen LogP contribution is -2.10. The molecule has 33 heavy (non-hydrogen) atoms. The van der Waals surface area contributed by atoms with E-state index in [0.717, 1.165) is 12.8 Å². The van der Waals surface area contributed by atoms with E-state index in [-0.39, 0.29) is 17.9 Å². The fraction of sp³-hybridized carbons (Fsp3) is 0.840. The minimum atomic E-state index is -0.157. The number of thioether (sulfide) groups is 1. The van der Waals surface area contributed by atoms with Crippen molar-refractivity contribution in [1.82, 2.24) is 15.0 Å². The van der Waals surface area contributed by atoms with E-state index >= 15 is 0 Å². The third-order valence-corrected chi connectivity index (χ3v) is 6.60. The van der Waals surface area contributed by atoms with Gasteiger partial charge in [0, 0.05) is 12.2 Å². The summed E-state index contributed by atoms with van der Waals surface area (Å²) in [5, 5.41) is 0. The van der Waals surface area contributed by atoms with Crippen LogP contribution in [0.2, 0.25) is 0 Å². The van der Waals surface area contributed by atoms with E-state index < -0.39 is 0 Å². The van der Waals surface area contributed by atoms with Crippen molar-refractivity contribution in [3.8, 4) is 0 Å². The number of ether oxygens (including phenoxy) is 1. The lowest BCUT2D eigenvalue weighted by Gasteiger charge is -2.06. The highest BCUT2D eigenvalue weighted by Gasteiger charge is 2.05. The molecule has 0 aromatic carbocycles. The monoisotopic (exact) mass is 481 g/mol. The van der Waals surface area contributed by atoms with Crippen molar-refractivity contribution in [2.24, 2.45) is 0 Å². The number of hydrogen-bond acceptors (Lipinski definition) is 8. The van der Waals surface area contributed by atoms with Gasteiger partial charge in [-0.05, 0) is 6.42 Å². The number of nitrogens with zero attached hydrogens (tertiary/aromatic N) is 3. The van der Waals surface area contributed by atoms with E-state index in [4.69, 9.17) is 16.2 Å². The third-order valence-electron chi connectivity index (χ3n) is 5.67. The Bertz CT molecular complexity index is 598. The minimum Gasteiger partial charge on any atom is -0.465 e. The lowest BCUT2D eigenvalue weighted by atomic mass is 10.0. The average Bonchev–Trinajstić information content (AvgIpc) is 2.78. The van der Waals surface area contributed by atoms with Crippen LogP contribution in [-0.2, 0) is 16.0 Å². The van der Waals surface area contributed by atoms with Gasteiger partial charge in [-0.3, -0.25) is 4.79 Å². The van der Waals surface area contributed by atoms with Crippen LogP contribution in [0.25, 0.3) is 0 Å². The molecule has 0 aliphatic heterocycles. The van der Waals surface area contributed by atoms with Crippen molar-refractivity contribution in [3.05, 3.63) is 5.82 Å². The molecule has 1 rings (SSSR count). The maximum atomic E-state index is 11.8. The Morgan fingerprint density at radius 1 is 0.727 bits per heavy atom. The number of carbonyl (C=O) groups is 1. The highest BCUT2D eigenvalue weighted by atomic mass is 32.2. The molecule has 0 aliphatic rings. The highest BCUT2D eigenvalue weighted by Crippen LogP contribution is 2.14. The summed E-state index contributed by atoms with van der Waals surface area (Å²) in [6.45, 7) is 2.80. The zero-order valence-corrected chi connectivity index (χ0v) is 21.7. The maximum absolute atomic E-state index is 11.8. The van der Waals surface area contributed by atoms with Crippen LogP contribution in [-0.4, -0.2) is 39.0 Å². The SMILES string of the molecule is CCCCCCCCCCCCCCCCCCOC(=O)CSCCc1nc(N)nc(N)n1. The summed E-state index contributed by atoms with van der Waals surface area (Å²) in [7, 11) is 0. The van der Waals surface area contributed by atoms with Crippen LogP contribution < -0.4 is 11.5 Å². The van der Waals surface area contributed by atoms with Crippen LogP contribution in [0.5, 0.6) is 0 Å². The highest BCUT2D eigenvalue weighted by molar-refractivity contribution is 7.99. The predicted octanol–water partition coefficient (Wildman–Crippen LogP) is 6.12. The predicted molar refractivity (Wildman–Crippen MR) is 140 cm³/mol. The van der Waals surface area contributed by atoms with Gasteiger partial charge in [-0.15, -0.1) is 11.8 Å². The molecule has 0 amide bonds. The van der Waals surface area contributed by atoms with E-state index in [1.54, 1.807) is 0 Å². The molecule has 0 fully saturated rings. The topological polar surface area (TPSA) is 117 Å². The summed E-state index contributed by atoms with van der Waals surface area (Å²) < 4.78 is 5.31. The number of rotatable bonds is 22. The Labute approximate surface area is 205 Å². The number of anilines is 2. The Hall–Kier alpha value is -1.57. The lowest BCUT2D eigenvalue weighted by molar-refractivity contribution is -0.140. The second-order valence-corrected chi connectivity index (χ2v) is 9.90. The Kier molecular flexibility index (Phi) is 18.7. The maximum Gasteiger partial charge on any atom is 0.315 e. The number of aryl methyl sites for hydroxylation is 1. The van der Waals surface area contributed by atoms with Gasteiger partial charge < -0.3 is 16.2 Å². The summed E-state index contributed by atoms with van der Waals surface area (Å²) in [4.78, 5) is 23.6. The molecule has 0 saturated carbocycles. The van der Waals surface area contributed by atoms with E-state index in [2.05, 4.69) is 21.9 Å². The standard InChI is InChI=1S/C25H47N5O2S/c1-2-3-4-5-6-7-8-9-10-11-12-13-14-15-16-17-19-32-23(31)21-33-20-18-22-28-24(26)30-25(27)29-22/h2-21H2,1H3,(H4,26,27,28,29,30). The van der Waals surface area contributed by atoms with Gasteiger partial charge in [0.2, 0.25) is 11.9 Å². The summed E-state index contributed by atoms with van der Waals surface area (Å²) >= 11 is 1.50. The zero-order valence-electron chi connectivity index (χ0n) is 20.9. The van der Waals surface area contributed by atoms with Gasteiger partial charge in [0.15, 0.2) is 0 Å². The smallest absolute Gasteiger partial charge is 0.315 e. The van der Waals surface area contributed by atoms with Crippen molar-refractivity contribution in [3.63, 3.8) is 0 Å². The Balaban J connectivity index is 1.79. The summed E-state index contributed by atoms with van der Waals surface area (Å²) in [5.41, 5.74) is 11.1. The molecule has 1 aromatic heterocycles. The first-order valence-electron chi connectivity index (χ1n) is 13.1. The molecule has 0 spiro atoms. The fourth-order valence-electron chi connectivity index (χ4n) is 3.77. The third kappa shape index (κ3) is 18.5. The molecule has 8 heteroatoms. The van der Waals surface area contributed by atoms with Crippen molar-refractivity contribution in [2.75, 3.05) is 29.6 Å². The molecule has 190 valence electrons. The zero-order chi connectivity index (χ0) is 24.0. The molecule has 4 N–H and O–H groups in total. The normalized spacial score (nSPS) is 11.1. The first kappa shape index (κ1) is 29.5. The van der Waals surface area contributed by atoms with Gasteiger partial charge in [-0.25, -0.2) is 0 Å². The van der Waals surface area contributed by atoms with Crippen LogP contribution in [0.15, 0.2) is 0 Å². The van der Waals surface area contributed by atoms with Gasteiger partial charge in [0.05, 0.1) is 12.4 Å². The fourth-order valence-corrected chi connectivity index (χ4v) is 4.49. The van der Waals surface area contributed by atoms with Crippen LogP contribution in [0.3, 0.4) is 0 Å². The minimum absolute atomic E-state index is 0.126. The number of nitrogens with two attached hydrogens (primary N) is 2. The van der Waals surface area contributed by atoms with Crippen molar-refractivity contribution in [2.45, 2.75) is 116 Å². The molecule has 0 bridgehead atoms. The van der Waals surface area contributed by atoms with Gasteiger partial charge in [-0.1, -0.05) is 103 Å². The van der Waals surface area contributed by atoms with Gasteiger partial charge in [0.1, 0.15) is 5.82 Å². The second-order valence-electron chi connectivity index (χ2n) is 8.79.